The van der Waals surface area contributed by atoms with Crippen LogP contribution in [0.4, 0.5) is 0 Å². The van der Waals surface area contributed by atoms with Gasteiger partial charge in [-0.25, -0.2) is 0 Å². The van der Waals surface area contributed by atoms with Crippen molar-refractivity contribution in [2.24, 2.45) is 11.3 Å². The van der Waals surface area contributed by atoms with E-state index in [2.05, 4.69) is 55.4 Å². The van der Waals surface area contributed by atoms with E-state index in [0.29, 0.717) is 5.41 Å². The minimum Gasteiger partial charge on any atom is -0.303 e. The van der Waals surface area contributed by atoms with E-state index in [4.69, 9.17) is 0 Å². The summed E-state index contributed by atoms with van der Waals surface area (Å²) in [6.07, 6.45) is 0. The molecule has 0 saturated carbocycles. The zero-order valence-corrected chi connectivity index (χ0v) is 11.3. The van der Waals surface area contributed by atoms with Crippen LogP contribution in [0.25, 0.3) is 0 Å². The zero-order valence-electron chi connectivity index (χ0n) is 9.73. The smallest absolute Gasteiger partial charge is 0.00949 e. The molecule has 2 heteroatoms. The molecule has 0 aromatic carbocycles. The summed E-state index contributed by atoms with van der Waals surface area (Å²) < 4.78 is 0. The number of alkyl halides is 1. The fourth-order valence-corrected chi connectivity index (χ4v) is 1.65. The molecule has 0 saturated heterocycles. The van der Waals surface area contributed by atoms with Gasteiger partial charge in [-0.1, -0.05) is 50.5 Å². The van der Waals surface area contributed by atoms with E-state index in [-0.39, 0.29) is 0 Å². The number of hydrogen-bond donors (Lipinski definition) is 0. The molecular formula is C11H24BrN. The zero-order chi connectivity index (χ0) is 10.5. The first kappa shape index (κ1) is 13.4. The topological polar surface area (TPSA) is 3.24 Å². The van der Waals surface area contributed by atoms with Gasteiger partial charge in [0.15, 0.2) is 0 Å². The molecule has 0 N–H and O–H groups in total. The fourth-order valence-electron chi connectivity index (χ4n) is 1.47. The van der Waals surface area contributed by atoms with Crippen LogP contribution in [0.15, 0.2) is 0 Å². The molecule has 13 heavy (non-hydrogen) atoms. The Morgan fingerprint density at radius 3 is 2.15 bits per heavy atom. The van der Waals surface area contributed by atoms with Crippen LogP contribution in [0.2, 0.25) is 0 Å². The third kappa shape index (κ3) is 6.50. The summed E-state index contributed by atoms with van der Waals surface area (Å²) in [5.41, 5.74) is 0.394. The van der Waals surface area contributed by atoms with E-state index >= 15 is 0 Å². The number of halogens is 1. The van der Waals surface area contributed by atoms with Gasteiger partial charge < -0.3 is 4.90 Å². The SMILES string of the molecule is CCN(CC(C)C)CC(C)(C)CBr. The Kier molecular flexibility index (Phi) is 6.23. The van der Waals surface area contributed by atoms with Gasteiger partial charge in [-0.15, -0.1) is 0 Å². The molecule has 0 aliphatic heterocycles. The summed E-state index contributed by atoms with van der Waals surface area (Å²) in [5, 5.41) is 1.08. The van der Waals surface area contributed by atoms with Crippen molar-refractivity contribution in [1.29, 1.82) is 0 Å². The van der Waals surface area contributed by atoms with Crippen molar-refractivity contribution in [3.05, 3.63) is 0 Å². The summed E-state index contributed by atoms with van der Waals surface area (Å²) in [6.45, 7) is 15.0. The molecule has 0 fully saturated rings. The van der Waals surface area contributed by atoms with Gasteiger partial charge in [0, 0.05) is 18.4 Å². The van der Waals surface area contributed by atoms with Gasteiger partial charge in [-0.2, -0.15) is 0 Å². The predicted molar refractivity (Wildman–Crippen MR) is 64.5 cm³/mol. The molecule has 1 nitrogen and oxygen atoms in total. The van der Waals surface area contributed by atoms with Crippen molar-refractivity contribution in [2.75, 3.05) is 25.0 Å². The van der Waals surface area contributed by atoms with E-state index < -0.39 is 0 Å². The van der Waals surface area contributed by atoms with Crippen molar-refractivity contribution >= 4 is 15.9 Å². The summed E-state index contributed by atoms with van der Waals surface area (Å²) >= 11 is 3.57. The van der Waals surface area contributed by atoms with Crippen LogP contribution in [0.3, 0.4) is 0 Å². The fraction of sp³-hybridized carbons (Fsp3) is 1.00. The van der Waals surface area contributed by atoms with Gasteiger partial charge in [0.1, 0.15) is 0 Å². The Bertz CT molecular complexity index is 132. The molecule has 0 atom stereocenters. The molecule has 0 aliphatic carbocycles. The van der Waals surface area contributed by atoms with E-state index in [0.717, 1.165) is 17.8 Å². The maximum atomic E-state index is 3.57. The second kappa shape index (κ2) is 6.02. The highest BCUT2D eigenvalue weighted by Crippen LogP contribution is 2.20. The standard InChI is InChI=1S/C11H24BrN/c1-6-13(7-10(2)3)9-11(4,5)8-12/h10H,6-9H2,1-5H3. The van der Waals surface area contributed by atoms with Gasteiger partial charge in [0.05, 0.1) is 0 Å². The Morgan fingerprint density at radius 2 is 1.85 bits per heavy atom. The Balaban J connectivity index is 3.97. The number of rotatable bonds is 6. The van der Waals surface area contributed by atoms with E-state index in [9.17, 15) is 0 Å². The molecular weight excluding hydrogens is 226 g/mol. The molecule has 0 aromatic heterocycles. The normalized spacial score (nSPS) is 12.9. The predicted octanol–water partition coefficient (Wildman–Crippen LogP) is 3.39. The molecule has 0 heterocycles. The van der Waals surface area contributed by atoms with Crippen molar-refractivity contribution in [2.45, 2.75) is 34.6 Å². The minimum atomic E-state index is 0.394. The molecule has 0 bridgehead atoms. The Hall–Kier alpha value is 0.440. The second-order valence-corrected chi connectivity index (χ2v) is 5.58. The third-order valence-corrected chi connectivity index (χ3v) is 3.60. The summed E-state index contributed by atoms with van der Waals surface area (Å²) in [7, 11) is 0. The van der Waals surface area contributed by atoms with Gasteiger partial charge in [-0.3, -0.25) is 0 Å². The van der Waals surface area contributed by atoms with Crippen LogP contribution in [0, 0.1) is 11.3 Å². The lowest BCUT2D eigenvalue weighted by Crippen LogP contribution is -2.37. The first-order valence-electron chi connectivity index (χ1n) is 5.19. The maximum absolute atomic E-state index is 3.57. The average molecular weight is 250 g/mol. The minimum absolute atomic E-state index is 0.394. The van der Waals surface area contributed by atoms with Gasteiger partial charge in [-0.05, 0) is 17.9 Å². The molecule has 0 amide bonds. The average Bonchev–Trinajstić information content (AvgIpc) is 2.02. The Morgan fingerprint density at radius 1 is 1.31 bits per heavy atom. The van der Waals surface area contributed by atoms with Crippen LogP contribution in [-0.4, -0.2) is 29.9 Å². The van der Waals surface area contributed by atoms with Crippen LogP contribution < -0.4 is 0 Å². The van der Waals surface area contributed by atoms with Crippen molar-refractivity contribution in [1.82, 2.24) is 4.90 Å². The van der Waals surface area contributed by atoms with Gasteiger partial charge in [0.2, 0.25) is 0 Å². The van der Waals surface area contributed by atoms with Crippen molar-refractivity contribution in [3.63, 3.8) is 0 Å². The molecule has 0 aromatic rings. The van der Waals surface area contributed by atoms with Crippen LogP contribution in [0.5, 0.6) is 0 Å². The maximum Gasteiger partial charge on any atom is 0.00949 e. The Labute approximate surface area is 92.0 Å². The summed E-state index contributed by atoms with van der Waals surface area (Å²) in [4.78, 5) is 2.53. The molecule has 0 unspecified atom stereocenters. The first-order chi connectivity index (χ1) is 5.91. The molecule has 0 radical (unpaired) electrons. The van der Waals surface area contributed by atoms with Crippen LogP contribution in [0.1, 0.15) is 34.6 Å². The van der Waals surface area contributed by atoms with E-state index in [1.54, 1.807) is 0 Å². The third-order valence-electron chi connectivity index (χ3n) is 2.08. The lowest BCUT2D eigenvalue weighted by Gasteiger charge is -2.31. The van der Waals surface area contributed by atoms with Crippen molar-refractivity contribution < 1.29 is 0 Å². The highest BCUT2D eigenvalue weighted by molar-refractivity contribution is 9.09. The highest BCUT2D eigenvalue weighted by atomic mass is 79.9. The van der Waals surface area contributed by atoms with Gasteiger partial charge >= 0.3 is 0 Å². The molecule has 0 rings (SSSR count). The molecule has 80 valence electrons. The van der Waals surface area contributed by atoms with E-state index in [1.807, 2.05) is 0 Å². The monoisotopic (exact) mass is 249 g/mol. The molecule has 0 spiro atoms. The number of hydrogen-bond acceptors (Lipinski definition) is 1. The lowest BCUT2D eigenvalue weighted by molar-refractivity contribution is 0.185. The van der Waals surface area contributed by atoms with Crippen molar-refractivity contribution in [3.8, 4) is 0 Å². The number of nitrogens with zero attached hydrogens (tertiary/aromatic N) is 1. The lowest BCUT2D eigenvalue weighted by atomic mass is 9.95. The van der Waals surface area contributed by atoms with Crippen LogP contribution >= 0.6 is 15.9 Å². The quantitative estimate of drug-likeness (QED) is 0.653. The summed E-state index contributed by atoms with van der Waals surface area (Å²) in [6, 6.07) is 0. The van der Waals surface area contributed by atoms with Gasteiger partial charge in [0.25, 0.3) is 0 Å². The second-order valence-electron chi connectivity index (χ2n) is 5.02. The van der Waals surface area contributed by atoms with Crippen LogP contribution in [-0.2, 0) is 0 Å². The molecule has 0 aliphatic rings. The van der Waals surface area contributed by atoms with E-state index in [1.165, 1.54) is 13.1 Å². The largest absolute Gasteiger partial charge is 0.303 e. The highest BCUT2D eigenvalue weighted by Gasteiger charge is 2.19. The summed E-state index contributed by atoms with van der Waals surface area (Å²) in [5.74, 6) is 0.770. The first-order valence-corrected chi connectivity index (χ1v) is 6.31.